The molecule has 0 aliphatic carbocycles. The Morgan fingerprint density at radius 3 is 2.58 bits per heavy atom. The van der Waals surface area contributed by atoms with Gasteiger partial charge in [0.15, 0.2) is 6.61 Å². The molecule has 3 rings (SSSR count). The number of primary amides is 1. The Morgan fingerprint density at radius 1 is 1.15 bits per heavy atom. The highest BCUT2D eigenvalue weighted by molar-refractivity contribution is 5.96. The second kappa shape index (κ2) is 7.91. The summed E-state index contributed by atoms with van der Waals surface area (Å²) in [5.74, 6) is -0.577. The lowest BCUT2D eigenvalue weighted by molar-refractivity contribution is -0.118. The minimum atomic E-state index is -0.589. The average Bonchev–Trinajstić information content (AvgIpc) is 3.16. The van der Waals surface area contributed by atoms with E-state index < -0.39 is 5.91 Å². The quantitative estimate of drug-likeness (QED) is 0.836. The third kappa shape index (κ3) is 4.14. The van der Waals surface area contributed by atoms with Gasteiger partial charge in [0.2, 0.25) is 0 Å². The summed E-state index contributed by atoms with van der Waals surface area (Å²) in [5, 5.41) is 2.85. The molecule has 0 saturated carbocycles. The predicted molar refractivity (Wildman–Crippen MR) is 102 cm³/mol. The first kappa shape index (κ1) is 17.8. The summed E-state index contributed by atoms with van der Waals surface area (Å²) in [6, 6.07) is 12.6. The number of nitrogens with one attached hydrogen (secondary N) is 1. The number of ether oxygens (including phenoxy) is 1. The SMILES string of the molecule is Cc1cc(N2CCCC2)ccc1NC(=O)COc1ccccc1C(N)=O. The number of para-hydroxylation sites is 1. The fourth-order valence-electron chi connectivity index (χ4n) is 3.09. The Bertz CT molecular complexity index is 814. The largest absolute Gasteiger partial charge is 0.483 e. The van der Waals surface area contributed by atoms with Gasteiger partial charge >= 0.3 is 0 Å². The number of carbonyl (C=O) groups excluding carboxylic acids is 2. The van der Waals surface area contributed by atoms with Gasteiger partial charge in [0.25, 0.3) is 11.8 Å². The van der Waals surface area contributed by atoms with Gasteiger partial charge in [-0.1, -0.05) is 12.1 Å². The molecule has 0 radical (unpaired) electrons. The number of nitrogens with zero attached hydrogens (tertiary/aromatic N) is 1. The molecule has 0 atom stereocenters. The van der Waals surface area contributed by atoms with Crippen LogP contribution in [0.2, 0.25) is 0 Å². The number of carbonyl (C=O) groups is 2. The van der Waals surface area contributed by atoms with Crippen LogP contribution in [0.5, 0.6) is 5.75 Å². The Morgan fingerprint density at radius 2 is 1.88 bits per heavy atom. The smallest absolute Gasteiger partial charge is 0.262 e. The van der Waals surface area contributed by atoms with Gasteiger partial charge in [-0.3, -0.25) is 9.59 Å². The van der Waals surface area contributed by atoms with E-state index in [1.54, 1.807) is 24.3 Å². The van der Waals surface area contributed by atoms with Gasteiger partial charge < -0.3 is 20.7 Å². The molecule has 1 aliphatic heterocycles. The zero-order chi connectivity index (χ0) is 18.5. The molecule has 6 nitrogen and oxygen atoms in total. The van der Waals surface area contributed by atoms with Gasteiger partial charge in [-0.2, -0.15) is 0 Å². The number of hydrogen-bond donors (Lipinski definition) is 2. The van der Waals surface area contributed by atoms with Crippen LogP contribution < -0.4 is 20.7 Å². The molecule has 26 heavy (non-hydrogen) atoms. The van der Waals surface area contributed by atoms with Crippen LogP contribution in [0.15, 0.2) is 42.5 Å². The summed E-state index contributed by atoms with van der Waals surface area (Å²) < 4.78 is 5.46. The van der Waals surface area contributed by atoms with Crippen LogP contribution >= 0.6 is 0 Å². The molecule has 1 heterocycles. The van der Waals surface area contributed by atoms with Crippen LogP contribution in [0.1, 0.15) is 28.8 Å². The molecular weight excluding hydrogens is 330 g/mol. The highest BCUT2D eigenvalue weighted by atomic mass is 16.5. The summed E-state index contributed by atoms with van der Waals surface area (Å²) in [6.07, 6.45) is 2.45. The lowest BCUT2D eigenvalue weighted by atomic mass is 10.1. The predicted octanol–water partition coefficient (Wildman–Crippen LogP) is 2.71. The minimum Gasteiger partial charge on any atom is -0.483 e. The van der Waals surface area contributed by atoms with Gasteiger partial charge in [0, 0.05) is 24.5 Å². The van der Waals surface area contributed by atoms with Crippen molar-refractivity contribution >= 4 is 23.2 Å². The molecular formula is C20H23N3O3. The van der Waals surface area contributed by atoms with Crippen LogP contribution in [0, 0.1) is 6.92 Å². The molecule has 0 aromatic heterocycles. The Balaban J connectivity index is 1.61. The topological polar surface area (TPSA) is 84.7 Å². The first-order valence-electron chi connectivity index (χ1n) is 8.71. The molecule has 1 aliphatic rings. The molecule has 3 N–H and O–H groups in total. The molecule has 1 fully saturated rings. The molecule has 0 spiro atoms. The highest BCUT2D eigenvalue weighted by Gasteiger charge is 2.14. The third-order valence-corrected chi connectivity index (χ3v) is 4.47. The van der Waals surface area contributed by atoms with Crippen molar-refractivity contribution in [2.45, 2.75) is 19.8 Å². The minimum absolute atomic E-state index is 0.197. The van der Waals surface area contributed by atoms with E-state index in [0.29, 0.717) is 5.75 Å². The van der Waals surface area contributed by atoms with Gasteiger partial charge in [-0.25, -0.2) is 0 Å². The van der Waals surface area contributed by atoms with Crippen molar-refractivity contribution < 1.29 is 14.3 Å². The Hall–Kier alpha value is -3.02. The van der Waals surface area contributed by atoms with E-state index in [2.05, 4.69) is 16.3 Å². The maximum Gasteiger partial charge on any atom is 0.262 e. The fraction of sp³-hybridized carbons (Fsp3) is 0.300. The number of nitrogens with two attached hydrogens (primary N) is 1. The summed E-state index contributed by atoms with van der Waals surface area (Å²) in [4.78, 5) is 25.9. The van der Waals surface area contributed by atoms with Crippen LogP contribution in [-0.4, -0.2) is 31.5 Å². The van der Waals surface area contributed by atoms with Crippen LogP contribution in [0.3, 0.4) is 0 Å². The summed E-state index contributed by atoms with van der Waals surface area (Å²) >= 11 is 0. The average molecular weight is 353 g/mol. The lowest BCUT2D eigenvalue weighted by Crippen LogP contribution is -2.22. The zero-order valence-corrected chi connectivity index (χ0v) is 14.8. The third-order valence-electron chi connectivity index (χ3n) is 4.47. The van der Waals surface area contributed by atoms with Crippen LogP contribution in [0.4, 0.5) is 11.4 Å². The second-order valence-corrected chi connectivity index (χ2v) is 6.39. The summed E-state index contributed by atoms with van der Waals surface area (Å²) in [5.41, 5.74) is 8.50. The van der Waals surface area contributed by atoms with Crippen molar-refractivity contribution in [3.63, 3.8) is 0 Å². The fourth-order valence-corrected chi connectivity index (χ4v) is 3.09. The van der Waals surface area contributed by atoms with Crippen molar-refractivity contribution in [3.05, 3.63) is 53.6 Å². The molecule has 6 heteroatoms. The number of hydrogen-bond acceptors (Lipinski definition) is 4. The van der Waals surface area contributed by atoms with Crippen molar-refractivity contribution in [1.82, 2.24) is 0 Å². The van der Waals surface area contributed by atoms with Gasteiger partial charge in [0.1, 0.15) is 5.75 Å². The van der Waals surface area contributed by atoms with Gasteiger partial charge in [-0.05, 0) is 55.7 Å². The molecule has 136 valence electrons. The van der Waals surface area contributed by atoms with Crippen molar-refractivity contribution in [2.24, 2.45) is 5.73 Å². The Kier molecular flexibility index (Phi) is 5.41. The monoisotopic (exact) mass is 353 g/mol. The molecule has 0 unspecified atom stereocenters. The molecule has 2 amide bonds. The number of amides is 2. The van der Waals surface area contributed by atoms with E-state index in [1.807, 2.05) is 19.1 Å². The van der Waals surface area contributed by atoms with Crippen LogP contribution in [0.25, 0.3) is 0 Å². The van der Waals surface area contributed by atoms with Crippen molar-refractivity contribution in [3.8, 4) is 5.75 Å². The van der Waals surface area contributed by atoms with E-state index in [9.17, 15) is 9.59 Å². The maximum absolute atomic E-state index is 12.2. The molecule has 2 aromatic rings. The van der Waals surface area contributed by atoms with Crippen LogP contribution in [-0.2, 0) is 4.79 Å². The van der Waals surface area contributed by atoms with E-state index in [-0.39, 0.29) is 18.1 Å². The summed E-state index contributed by atoms with van der Waals surface area (Å²) in [7, 11) is 0. The zero-order valence-electron chi connectivity index (χ0n) is 14.8. The van der Waals surface area contributed by atoms with E-state index in [1.165, 1.54) is 18.5 Å². The second-order valence-electron chi connectivity index (χ2n) is 6.39. The number of anilines is 2. The molecule has 0 bridgehead atoms. The van der Waals surface area contributed by atoms with E-state index >= 15 is 0 Å². The lowest BCUT2D eigenvalue weighted by Gasteiger charge is -2.19. The van der Waals surface area contributed by atoms with Gasteiger partial charge in [0.05, 0.1) is 5.56 Å². The number of benzene rings is 2. The first-order valence-corrected chi connectivity index (χ1v) is 8.71. The van der Waals surface area contributed by atoms with Crippen molar-refractivity contribution in [1.29, 1.82) is 0 Å². The van der Waals surface area contributed by atoms with Gasteiger partial charge in [-0.15, -0.1) is 0 Å². The normalized spacial score (nSPS) is 13.5. The summed E-state index contributed by atoms with van der Waals surface area (Å²) in [6.45, 7) is 3.94. The first-order chi connectivity index (χ1) is 12.5. The Labute approximate surface area is 152 Å². The highest BCUT2D eigenvalue weighted by Crippen LogP contribution is 2.25. The number of rotatable bonds is 6. The molecule has 2 aromatic carbocycles. The number of aryl methyl sites for hydroxylation is 1. The van der Waals surface area contributed by atoms with E-state index in [4.69, 9.17) is 10.5 Å². The van der Waals surface area contributed by atoms with E-state index in [0.717, 1.165) is 24.3 Å². The molecule has 1 saturated heterocycles. The maximum atomic E-state index is 12.2. The standard InChI is InChI=1S/C20H23N3O3/c1-14-12-15(23-10-4-5-11-23)8-9-17(14)22-19(24)13-26-18-7-3-2-6-16(18)20(21)25/h2-3,6-9,12H,4-5,10-11,13H2,1H3,(H2,21,25)(H,22,24). The van der Waals surface area contributed by atoms with Crippen molar-refractivity contribution in [2.75, 3.05) is 29.9 Å².